The highest BCUT2D eigenvalue weighted by Crippen LogP contribution is 2.26. The first-order chi connectivity index (χ1) is 14.0. The second-order valence-corrected chi connectivity index (χ2v) is 8.06. The van der Waals surface area contributed by atoms with Crippen LogP contribution in [0.2, 0.25) is 5.02 Å². The number of likely N-dealkylation sites (tertiary alicyclic amines) is 1. The third-order valence-corrected chi connectivity index (χ3v) is 5.56. The molecule has 0 radical (unpaired) electrons. The molecule has 2 unspecified atom stereocenters. The maximum absolute atomic E-state index is 14.1. The highest BCUT2D eigenvalue weighted by molar-refractivity contribution is 6.30. The molecule has 0 bridgehead atoms. The molecule has 3 rings (SSSR count). The van der Waals surface area contributed by atoms with Crippen molar-refractivity contribution < 1.29 is 13.9 Å². The summed E-state index contributed by atoms with van der Waals surface area (Å²) in [6, 6.07) is 12.0. The molecule has 0 aromatic heterocycles. The zero-order chi connectivity index (χ0) is 20.8. The van der Waals surface area contributed by atoms with E-state index in [9.17, 15) is 9.18 Å². The van der Waals surface area contributed by atoms with Crippen LogP contribution in [0.5, 0.6) is 0 Å². The number of ether oxygens (including phenoxy) is 1. The molecular formula is C23H28ClFN2O2. The third kappa shape index (κ3) is 6.01. The van der Waals surface area contributed by atoms with Crippen molar-refractivity contribution in [3.05, 3.63) is 58.9 Å². The molecule has 0 amide bonds. The molecule has 156 valence electrons. The molecule has 2 N–H and O–H groups in total. The molecule has 29 heavy (non-hydrogen) atoms. The molecule has 2 atom stereocenters. The molecule has 2 aromatic carbocycles. The Morgan fingerprint density at radius 1 is 1.24 bits per heavy atom. The number of halogens is 2. The monoisotopic (exact) mass is 418 g/mol. The van der Waals surface area contributed by atoms with Crippen LogP contribution in [0.25, 0.3) is 11.1 Å². The molecule has 0 saturated carbocycles. The van der Waals surface area contributed by atoms with E-state index >= 15 is 0 Å². The van der Waals surface area contributed by atoms with E-state index in [-0.39, 0.29) is 23.7 Å². The Morgan fingerprint density at radius 3 is 2.59 bits per heavy atom. The maximum Gasteiger partial charge on any atom is 0.310 e. The van der Waals surface area contributed by atoms with Crippen molar-refractivity contribution in [2.45, 2.75) is 32.2 Å². The molecule has 0 spiro atoms. The van der Waals surface area contributed by atoms with Crippen LogP contribution in [-0.2, 0) is 16.0 Å². The smallest absolute Gasteiger partial charge is 0.310 e. The van der Waals surface area contributed by atoms with Crippen LogP contribution in [-0.4, -0.2) is 43.2 Å². The van der Waals surface area contributed by atoms with Crippen LogP contribution in [0.3, 0.4) is 0 Å². The van der Waals surface area contributed by atoms with E-state index in [1.807, 2.05) is 31.2 Å². The lowest BCUT2D eigenvalue weighted by molar-refractivity contribution is -0.149. The Morgan fingerprint density at radius 2 is 1.97 bits per heavy atom. The number of carbonyl (C=O) groups excluding carboxylic acids is 1. The van der Waals surface area contributed by atoms with Gasteiger partial charge in [-0.3, -0.25) is 4.79 Å². The van der Waals surface area contributed by atoms with Gasteiger partial charge in [-0.1, -0.05) is 35.9 Å². The number of esters is 1. The van der Waals surface area contributed by atoms with Gasteiger partial charge in [-0.15, -0.1) is 0 Å². The fraction of sp³-hybridized carbons (Fsp3) is 0.435. The first-order valence-corrected chi connectivity index (χ1v) is 10.5. The Kier molecular flexibility index (Phi) is 7.64. The first-order valence-electron chi connectivity index (χ1n) is 10.1. The Balaban J connectivity index is 1.62. The van der Waals surface area contributed by atoms with E-state index in [0.29, 0.717) is 36.6 Å². The number of hydrogen-bond acceptors (Lipinski definition) is 4. The summed E-state index contributed by atoms with van der Waals surface area (Å²) in [5.74, 6) is -0.672. The molecule has 4 nitrogen and oxygen atoms in total. The van der Waals surface area contributed by atoms with E-state index in [2.05, 4.69) is 4.90 Å². The van der Waals surface area contributed by atoms with Gasteiger partial charge in [0.15, 0.2) is 0 Å². The molecule has 2 aromatic rings. The number of rotatable bonds is 9. The fourth-order valence-corrected chi connectivity index (χ4v) is 3.84. The minimum atomic E-state index is -0.304. The summed E-state index contributed by atoms with van der Waals surface area (Å²) in [5, 5.41) is 0.500. The minimum absolute atomic E-state index is 0.153. The van der Waals surface area contributed by atoms with Gasteiger partial charge in [0.05, 0.1) is 12.5 Å². The lowest BCUT2D eigenvalue weighted by atomic mass is 9.93. The molecule has 1 saturated heterocycles. The zero-order valence-corrected chi connectivity index (χ0v) is 17.5. The molecule has 6 heteroatoms. The van der Waals surface area contributed by atoms with E-state index in [1.165, 1.54) is 18.6 Å². The van der Waals surface area contributed by atoms with Crippen molar-refractivity contribution in [2.24, 2.45) is 11.7 Å². The van der Waals surface area contributed by atoms with Gasteiger partial charge in [-0.2, -0.15) is 0 Å². The quantitative estimate of drug-likeness (QED) is 0.617. The van der Waals surface area contributed by atoms with Crippen LogP contribution in [0, 0.1) is 11.7 Å². The molecule has 0 aliphatic carbocycles. The summed E-state index contributed by atoms with van der Waals surface area (Å²) in [6.07, 6.45) is 2.41. The topological polar surface area (TPSA) is 55.6 Å². The van der Waals surface area contributed by atoms with Gasteiger partial charge in [0.25, 0.3) is 0 Å². The van der Waals surface area contributed by atoms with Crippen molar-refractivity contribution in [3.8, 4) is 11.1 Å². The summed E-state index contributed by atoms with van der Waals surface area (Å²) in [6.45, 7) is 4.98. The Labute approximate surface area is 176 Å². The van der Waals surface area contributed by atoms with Crippen LogP contribution >= 0.6 is 11.6 Å². The van der Waals surface area contributed by atoms with Crippen LogP contribution < -0.4 is 5.73 Å². The standard InChI is InChI=1S/C23H28ClFN2O2/c1-2-29-23(28)18(15-27-10-3-11-27)13-20(26)12-16-4-6-17(7-5-16)21-14-19(24)8-9-22(21)25/h4-9,14,18,20H,2-3,10-13,15,26H2,1H3. The van der Waals surface area contributed by atoms with E-state index in [4.69, 9.17) is 22.1 Å². The Hall–Kier alpha value is -1.95. The second kappa shape index (κ2) is 10.2. The maximum atomic E-state index is 14.1. The summed E-state index contributed by atoms with van der Waals surface area (Å²) in [5.41, 5.74) is 8.66. The number of benzene rings is 2. The molecule has 1 fully saturated rings. The van der Waals surface area contributed by atoms with Gasteiger partial charge in [0, 0.05) is 23.2 Å². The molecular weight excluding hydrogens is 391 g/mol. The summed E-state index contributed by atoms with van der Waals surface area (Å²) in [4.78, 5) is 14.6. The minimum Gasteiger partial charge on any atom is -0.466 e. The van der Waals surface area contributed by atoms with Gasteiger partial charge < -0.3 is 15.4 Å². The third-order valence-electron chi connectivity index (χ3n) is 5.33. The van der Waals surface area contributed by atoms with E-state index in [1.54, 1.807) is 6.07 Å². The van der Waals surface area contributed by atoms with E-state index < -0.39 is 0 Å². The van der Waals surface area contributed by atoms with Crippen molar-refractivity contribution in [1.82, 2.24) is 4.90 Å². The average Bonchev–Trinajstić information content (AvgIpc) is 2.66. The lowest BCUT2D eigenvalue weighted by Gasteiger charge is -2.34. The number of carbonyl (C=O) groups is 1. The van der Waals surface area contributed by atoms with Crippen molar-refractivity contribution in [3.63, 3.8) is 0 Å². The van der Waals surface area contributed by atoms with E-state index in [0.717, 1.165) is 24.2 Å². The van der Waals surface area contributed by atoms with Crippen LogP contribution in [0.4, 0.5) is 4.39 Å². The van der Waals surface area contributed by atoms with Gasteiger partial charge in [-0.05, 0) is 68.6 Å². The first kappa shape index (κ1) is 21.8. The van der Waals surface area contributed by atoms with Crippen LogP contribution in [0.15, 0.2) is 42.5 Å². The molecule has 1 aliphatic heterocycles. The number of nitrogens with two attached hydrogens (primary N) is 1. The normalized spacial score (nSPS) is 16.1. The van der Waals surface area contributed by atoms with Crippen molar-refractivity contribution >= 4 is 17.6 Å². The number of nitrogens with zero attached hydrogens (tertiary/aromatic N) is 1. The van der Waals surface area contributed by atoms with Crippen molar-refractivity contribution in [2.75, 3.05) is 26.2 Å². The molecule has 1 aliphatic rings. The second-order valence-electron chi connectivity index (χ2n) is 7.62. The number of hydrogen-bond donors (Lipinski definition) is 1. The van der Waals surface area contributed by atoms with Gasteiger partial charge in [0.1, 0.15) is 5.82 Å². The average molecular weight is 419 g/mol. The van der Waals surface area contributed by atoms with Crippen molar-refractivity contribution in [1.29, 1.82) is 0 Å². The lowest BCUT2D eigenvalue weighted by Crippen LogP contribution is -2.44. The van der Waals surface area contributed by atoms with Gasteiger partial charge in [-0.25, -0.2) is 4.39 Å². The zero-order valence-electron chi connectivity index (χ0n) is 16.7. The fourth-order valence-electron chi connectivity index (χ4n) is 3.67. The highest BCUT2D eigenvalue weighted by atomic mass is 35.5. The molecule has 1 heterocycles. The highest BCUT2D eigenvalue weighted by Gasteiger charge is 2.27. The van der Waals surface area contributed by atoms with Gasteiger partial charge in [0.2, 0.25) is 0 Å². The van der Waals surface area contributed by atoms with Gasteiger partial charge >= 0.3 is 5.97 Å². The summed E-state index contributed by atoms with van der Waals surface area (Å²) in [7, 11) is 0. The van der Waals surface area contributed by atoms with Crippen LogP contribution in [0.1, 0.15) is 25.3 Å². The summed E-state index contributed by atoms with van der Waals surface area (Å²) >= 11 is 5.99. The largest absolute Gasteiger partial charge is 0.466 e. The summed E-state index contributed by atoms with van der Waals surface area (Å²) < 4.78 is 19.3. The SMILES string of the molecule is CCOC(=O)C(CC(N)Cc1ccc(-c2cc(Cl)ccc2F)cc1)CN1CCC1. The Bertz CT molecular complexity index is 824. The predicted molar refractivity (Wildman–Crippen MR) is 114 cm³/mol. The predicted octanol–water partition coefficient (Wildman–Crippen LogP) is 4.29.